The Labute approximate surface area is 71.8 Å². The SMILES string of the molecule is CNC(C)=O.Nc1ccccn1. The van der Waals surface area contributed by atoms with Gasteiger partial charge in [0.05, 0.1) is 0 Å². The van der Waals surface area contributed by atoms with Crippen LogP contribution >= 0.6 is 0 Å². The van der Waals surface area contributed by atoms with Gasteiger partial charge in [0.1, 0.15) is 5.82 Å². The highest BCUT2D eigenvalue weighted by molar-refractivity contribution is 5.72. The third-order valence-electron chi connectivity index (χ3n) is 1.04. The van der Waals surface area contributed by atoms with Crippen molar-refractivity contribution in [1.29, 1.82) is 0 Å². The van der Waals surface area contributed by atoms with Gasteiger partial charge in [-0.2, -0.15) is 0 Å². The quantitative estimate of drug-likeness (QED) is 0.588. The van der Waals surface area contributed by atoms with Gasteiger partial charge < -0.3 is 11.1 Å². The molecule has 0 unspecified atom stereocenters. The maximum atomic E-state index is 9.70. The van der Waals surface area contributed by atoms with Crippen LogP contribution in [0.4, 0.5) is 5.82 Å². The smallest absolute Gasteiger partial charge is 0.216 e. The molecular formula is C8H13N3O. The van der Waals surface area contributed by atoms with Gasteiger partial charge in [-0.3, -0.25) is 4.79 Å². The molecule has 0 atom stereocenters. The number of amides is 1. The van der Waals surface area contributed by atoms with Crippen LogP contribution in [0.1, 0.15) is 6.92 Å². The second kappa shape index (κ2) is 6.15. The summed E-state index contributed by atoms with van der Waals surface area (Å²) >= 11 is 0. The minimum absolute atomic E-state index is 0.00463. The molecule has 0 spiro atoms. The third-order valence-corrected chi connectivity index (χ3v) is 1.04. The van der Waals surface area contributed by atoms with Crippen LogP contribution in [0, 0.1) is 0 Å². The molecule has 1 aromatic heterocycles. The summed E-state index contributed by atoms with van der Waals surface area (Å²) in [5.74, 6) is 0.576. The molecule has 0 bridgehead atoms. The number of hydrogen-bond donors (Lipinski definition) is 2. The van der Waals surface area contributed by atoms with E-state index in [1.165, 1.54) is 6.92 Å². The molecule has 4 heteroatoms. The lowest BCUT2D eigenvalue weighted by Gasteiger charge is -1.82. The lowest BCUT2D eigenvalue weighted by Crippen LogP contribution is -2.11. The average molecular weight is 167 g/mol. The molecule has 1 heterocycles. The molecule has 0 radical (unpaired) electrons. The topological polar surface area (TPSA) is 68.0 Å². The predicted octanol–water partition coefficient (Wildman–Crippen LogP) is 0.416. The van der Waals surface area contributed by atoms with Crippen LogP contribution in [0.25, 0.3) is 0 Å². The predicted molar refractivity (Wildman–Crippen MR) is 48.4 cm³/mol. The molecule has 3 N–H and O–H groups in total. The molecule has 0 aromatic carbocycles. The standard InChI is InChI=1S/C5H6N2.C3H7NO/c6-5-3-1-2-4-7-5;1-3(5)4-2/h1-4H,(H2,6,7);1-2H3,(H,4,5). The van der Waals surface area contributed by atoms with Gasteiger partial charge in [-0.1, -0.05) is 6.07 Å². The second-order valence-electron chi connectivity index (χ2n) is 2.06. The van der Waals surface area contributed by atoms with E-state index in [1.54, 1.807) is 19.3 Å². The van der Waals surface area contributed by atoms with Gasteiger partial charge in [0.15, 0.2) is 0 Å². The Morgan fingerprint density at radius 1 is 1.58 bits per heavy atom. The van der Waals surface area contributed by atoms with E-state index in [0.717, 1.165) is 0 Å². The van der Waals surface area contributed by atoms with E-state index in [1.807, 2.05) is 12.1 Å². The first-order valence-corrected chi connectivity index (χ1v) is 3.51. The van der Waals surface area contributed by atoms with Gasteiger partial charge >= 0.3 is 0 Å². The minimum Gasteiger partial charge on any atom is -0.384 e. The van der Waals surface area contributed by atoms with E-state index >= 15 is 0 Å². The summed E-state index contributed by atoms with van der Waals surface area (Å²) in [6.07, 6.45) is 1.66. The molecule has 0 fully saturated rings. The van der Waals surface area contributed by atoms with E-state index in [0.29, 0.717) is 5.82 Å². The number of nitrogens with zero attached hydrogens (tertiary/aromatic N) is 1. The summed E-state index contributed by atoms with van der Waals surface area (Å²) in [5, 5.41) is 2.39. The van der Waals surface area contributed by atoms with E-state index in [4.69, 9.17) is 5.73 Å². The van der Waals surface area contributed by atoms with E-state index < -0.39 is 0 Å². The molecule has 12 heavy (non-hydrogen) atoms. The first kappa shape index (κ1) is 10.4. The van der Waals surface area contributed by atoms with Gasteiger partial charge in [-0.15, -0.1) is 0 Å². The maximum absolute atomic E-state index is 9.70. The summed E-state index contributed by atoms with van der Waals surface area (Å²) in [5.41, 5.74) is 5.25. The number of carbonyl (C=O) groups excluding carboxylic acids is 1. The molecule has 66 valence electrons. The molecule has 1 rings (SSSR count). The van der Waals surface area contributed by atoms with Crippen LogP contribution in [0.15, 0.2) is 24.4 Å². The van der Waals surface area contributed by atoms with E-state index in [2.05, 4.69) is 10.3 Å². The summed E-state index contributed by atoms with van der Waals surface area (Å²) in [6, 6.07) is 5.43. The van der Waals surface area contributed by atoms with Crippen molar-refractivity contribution in [3.8, 4) is 0 Å². The highest BCUT2D eigenvalue weighted by atomic mass is 16.1. The zero-order valence-corrected chi connectivity index (χ0v) is 7.24. The number of nitrogen functional groups attached to an aromatic ring is 1. The van der Waals surface area contributed by atoms with Crippen molar-refractivity contribution < 1.29 is 4.79 Å². The monoisotopic (exact) mass is 167 g/mol. The Morgan fingerprint density at radius 2 is 2.17 bits per heavy atom. The Hall–Kier alpha value is -1.58. The second-order valence-corrected chi connectivity index (χ2v) is 2.06. The summed E-state index contributed by atoms with van der Waals surface area (Å²) in [7, 11) is 1.60. The summed E-state index contributed by atoms with van der Waals surface area (Å²) in [6.45, 7) is 1.47. The van der Waals surface area contributed by atoms with Crippen LogP contribution in [-0.4, -0.2) is 17.9 Å². The van der Waals surface area contributed by atoms with Crippen LogP contribution in [0.5, 0.6) is 0 Å². The Bertz CT molecular complexity index is 223. The molecule has 0 aliphatic carbocycles. The molecule has 1 aromatic rings. The fraction of sp³-hybridized carbons (Fsp3) is 0.250. The van der Waals surface area contributed by atoms with E-state index in [9.17, 15) is 4.79 Å². The minimum atomic E-state index is 0.00463. The van der Waals surface area contributed by atoms with Gasteiger partial charge in [-0.05, 0) is 12.1 Å². The van der Waals surface area contributed by atoms with Gasteiger partial charge in [0.2, 0.25) is 5.91 Å². The van der Waals surface area contributed by atoms with Crippen molar-refractivity contribution >= 4 is 11.7 Å². The zero-order valence-electron chi connectivity index (χ0n) is 7.24. The number of aromatic nitrogens is 1. The van der Waals surface area contributed by atoms with Crippen LogP contribution in [0.3, 0.4) is 0 Å². The lowest BCUT2D eigenvalue weighted by molar-refractivity contribution is -0.118. The Morgan fingerprint density at radius 3 is 2.33 bits per heavy atom. The number of pyridine rings is 1. The van der Waals surface area contributed by atoms with Crippen molar-refractivity contribution in [2.45, 2.75) is 6.92 Å². The fourth-order valence-corrected chi connectivity index (χ4v) is 0.376. The fourth-order valence-electron chi connectivity index (χ4n) is 0.376. The Balaban J connectivity index is 0.000000217. The third kappa shape index (κ3) is 6.54. The van der Waals surface area contributed by atoms with Crippen molar-refractivity contribution in [2.24, 2.45) is 0 Å². The number of carbonyl (C=O) groups is 1. The molecule has 0 aliphatic rings. The maximum Gasteiger partial charge on any atom is 0.216 e. The van der Waals surface area contributed by atoms with Gasteiger partial charge in [0, 0.05) is 20.2 Å². The summed E-state index contributed by atoms with van der Waals surface area (Å²) < 4.78 is 0. The number of anilines is 1. The molecule has 4 nitrogen and oxygen atoms in total. The lowest BCUT2D eigenvalue weighted by atomic mass is 10.5. The molecule has 1 amide bonds. The summed E-state index contributed by atoms with van der Waals surface area (Å²) in [4.78, 5) is 13.5. The molecular weight excluding hydrogens is 154 g/mol. The number of nitrogens with two attached hydrogens (primary N) is 1. The number of nitrogens with one attached hydrogen (secondary N) is 1. The molecule has 0 saturated carbocycles. The van der Waals surface area contributed by atoms with Crippen molar-refractivity contribution in [3.63, 3.8) is 0 Å². The van der Waals surface area contributed by atoms with Crippen LogP contribution in [-0.2, 0) is 4.79 Å². The van der Waals surface area contributed by atoms with Crippen molar-refractivity contribution in [3.05, 3.63) is 24.4 Å². The highest BCUT2D eigenvalue weighted by Crippen LogP contribution is 1.89. The number of hydrogen-bond acceptors (Lipinski definition) is 3. The van der Waals surface area contributed by atoms with E-state index in [-0.39, 0.29) is 5.91 Å². The van der Waals surface area contributed by atoms with Gasteiger partial charge in [0.25, 0.3) is 0 Å². The first-order valence-electron chi connectivity index (χ1n) is 3.51. The van der Waals surface area contributed by atoms with Crippen LogP contribution < -0.4 is 11.1 Å². The van der Waals surface area contributed by atoms with Crippen molar-refractivity contribution in [2.75, 3.05) is 12.8 Å². The first-order chi connectivity index (χ1) is 5.66. The normalized spacial score (nSPS) is 7.83. The zero-order chi connectivity index (χ0) is 9.40. The Kier molecular flexibility index (Phi) is 5.34. The van der Waals surface area contributed by atoms with Crippen molar-refractivity contribution in [1.82, 2.24) is 10.3 Å². The molecule has 0 saturated heterocycles. The van der Waals surface area contributed by atoms with Crippen LogP contribution in [0.2, 0.25) is 0 Å². The number of rotatable bonds is 0. The largest absolute Gasteiger partial charge is 0.384 e. The highest BCUT2D eigenvalue weighted by Gasteiger charge is 1.73. The average Bonchev–Trinajstić information content (AvgIpc) is 2.07. The van der Waals surface area contributed by atoms with Gasteiger partial charge in [-0.25, -0.2) is 4.98 Å². The molecule has 0 aliphatic heterocycles.